The van der Waals surface area contributed by atoms with Crippen molar-refractivity contribution in [1.82, 2.24) is 4.98 Å². The maximum absolute atomic E-state index is 11.9. The molecule has 1 aromatic heterocycles. The first kappa shape index (κ1) is 10.8. The number of H-pyrrole nitrogens is 1. The molecule has 0 aliphatic rings. The van der Waals surface area contributed by atoms with Crippen LogP contribution in [0, 0.1) is 0 Å². The number of hydrogen-bond acceptors (Lipinski definition) is 2. The normalized spacial score (nSPS) is 10.1. The maximum Gasteiger partial charge on any atom is 0.194 e. The van der Waals surface area contributed by atoms with Crippen LogP contribution in [-0.2, 0) is 0 Å². The van der Waals surface area contributed by atoms with Gasteiger partial charge in [0, 0.05) is 21.8 Å². The molecule has 1 N–H and O–H groups in total. The van der Waals surface area contributed by atoms with Gasteiger partial charge in [-0.1, -0.05) is 15.9 Å². The van der Waals surface area contributed by atoms with E-state index < -0.39 is 0 Å². The van der Waals surface area contributed by atoms with Gasteiger partial charge in [0.2, 0.25) is 0 Å². The number of ketones is 1. The summed E-state index contributed by atoms with van der Waals surface area (Å²) in [5, 5.41) is 0. The molecule has 3 nitrogen and oxygen atoms in total. The molecule has 0 atom stereocenters. The Kier molecular flexibility index (Phi) is 3.01. The van der Waals surface area contributed by atoms with Crippen LogP contribution in [0.5, 0.6) is 0 Å². The van der Waals surface area contributed by atoms with Crippen molar-refractivity contribution >= 4 is 28.0 Å². The van der Waals surface area contributed by atoms with E-state index in [-0.39, 0.29) is 5.78 Å². The fraction of sp³-hybridized carbons (Fsp3) is 0. The van der Waals surface area contributed by atoms with Crippen LogP contribution in [0.4, 0.5) is 0 Å². The lowest BCUT2D eigenvalue weighted by Gasteiger charge is -1.97. The van der Waals surface area contributed by atoms with E-state index in [0.29, 0.717) is 23.1 Å². The summed E-state index contributed by atoms with van der Waals surface area (Å²) >= 11 is 3.30. The molecule has 0 spiro atoms. The van der Waals surface area contributed by atoms with Crippen LogP contribution in [0.25, 0.3) is 0 Å². The predicted octanol–water partition coefficient (Wildman–Crippen LogP) is 2.82. The lowest BCUT2D eigenvalue weighted by molar-refractivity contribution is 0.103. The zero-order valence-electron chi connectivity index (χ0n) is 8.24. The molecule has 0 amide bonds. The number of hydrogen-bond donors (Lipinski definition) is 1. The van der Waals surface area contributed by atoms with Gasteiger partial charge >= 0.3 is 0 Å². The van der Waals surface area contributed by atoms with Crippen LogP contribution >= 0.6 is 15.9 Å². The molecule has 0 saturated carbocycles. The monoisotopic (exact) mass is 277 g/mol. The second-order valence-corrected chi connectivity index (χ2v) is 4.21. The van der Waals surface area contributed by atoms with E-state index in [2.05, 4.69) is 20.9 Å². The van der Waals surface area contributed by atoms with Crippen molar-refractivity contribution in [3.8, 4) is 0 Å². The summed E-state index contributed by atoms with van der Waals surface area (Å²) in [6.07, 6.45) is 2.21. The molecular formula is C12H8BrNO2. The van der Waals surface area contributed by atoms with Crippen LogP contribution in [-0.4, -0.2) is 17.1 Å². The Hall–Kier alpha value is -1.68. The summed E-state index contributed by atoms with van der Waals surface area (Å²) in [7, 11) is 0. The van der Waals surface area contributed by atoms with E-state index in [0.717, 1.165) is 4.47 Å². The van der Waals surface area contributed by atoms with E-state index in [1.807, 2.05) is 0 Å². The summed E-state index contributed by atoms with van der Waals surface area (Å²) in [5.74, 6) is -0.100. The van der Waals surface area contributed by atoms with Crippen molar-refractivity contribution in [2.45, 2.75) is 0 Å². The molecule has 0 saturated heterocycles. The average molecular weight is 278 g/mol. The smallest absolute Gasteiger partial charge is 0.194 e. The second-order valence-electron chi connectivity index (χ2n) is 3.30. The number of nitrogens with one attached hydrogen (secondary N) is 1. The van der Waals surface area contributed by atoms with E-state index in [9.17, 15) is 9.59 Å². The van der Waals surface area contributed by atoms with E-state index in [4.69, 9.17) is 0 Å². The summed E-state index contributed by atoms with van der Waals surface area (Å²) in [4.78, 5) is 25.1. The van der Waals surface area contributed by atoms with E-state index >= 15 is 0 Å². The molecule has 1 aromatic carbocycles. The summed E-state index contributed by atoms with van der Waals surface area (Å²) < 4.78 is 0.923. The van der Waals surface area contributed by atoms with Crippen LogP contribution in [0.1, 0.15) is 26.4 Å². The average Bonchev–Trinajstić information content (AvgIpc) is 2.77. The van der Waals surface area contributed by atoms with Crippen LogP contribution in [0.3, 0.4) is 0 Å². The molecule has 2 rings (SSSR count). The van der Waals surface area contributed by atoms with Gasteiger partial charge in [-0.25, -0.2) is 0 Å². The summed E-state index contributed by atoms with van der Waals surface area (Å²) in [5.41, 5.74) is 1.49. The third-order valence-corrected chi connectivity index (χ3v) is 2.73. The van der Waals surface area contributed by atoms with Gasteiger partial charge in [0.05, 0.1) is 5.69 Å². The molecule has 2 aromatic rings. The third-order valence-electron chi connectivity index (χ3n) is 2.20. The Balaban J connectivity index is 2.31. The minimum Gasteiger partial charge on any atom is -0.358 e. The first-order valence-corrected chi connectivity index (χ1v) is 5.44. The van der Waals surface area contributed by atoms with Crippen LogP contribution < -0.4 is 0 Å². The number of halogens is 1. The lowest BCUT2D eigenvalue weighted by Crippen LogP contribution is -1.98. The van der Waals surface area contributed by atoms with Crippen molar-refractivity contribution in [1.29, 1.82) is 0 Å². The first-order valence-electron chi connectivity index (χ1n) is 4.64. The number of aromatic nitrogens is 1. The van der Waals surface area contributed by atoms with Crippen molar-refractivity contribution in [3.05, 3.63) is 57.8 Å². The molecule has 0 aliphatic heterocycles. The van der Waals surface area contributed by atoms with Gasteiger partial charge in [-0.05, 0) is 30.3 Å². The lowest BCUT2D eigenvalue weighted by atomic mass is 10.1. The quantitative estimate of drug-likeness (QED) is 0.693. The minimum absolute atomic E-state index is 0.100. The van der Waals surface area contributed by atoms with Crippen LogP contribution in [0.2, 0.25) is 0 Å². The highest BCUT2D eigenvalue weighted by molar-refractivity contribution is 9.10. The van der Waals surface area contributed by atoms with Crippen molar-refractivity contribution in [3.63, 3.8) is 0 Å². The highest BCUT2D eigenvalue weighted by Gasteiger charge is 2.10. The molecule has 0 radical (unpaired) electrons. The van der Waals surface area contributed by atoms with Gasteiger partial charge in [0.15, 0.2) is 12.1 Å². The molecule has 16 heavy (non-hydrogen) atoms. The Bertz CT molecular complexity index is 528. The van der Waals surface area contributed by atoms with Gasteiger partial charge in [-0.3, -0.25) is 9.59 Å². The zero-order valence-corrected chi connectivity index (χ0v) is 9.82. The standard InChI is InChI=1S/C12H8BrNO2/c13-10-3-1-8(2-4-10)12(16)9-5-11(7-15)14-6-9/h1-7,14H. The SMILES string of the molecule is O=Cc1cc(C(=O)c2ccc(Br)cc2)c[nH]1. The van der Waals surface area contributed by atoms with E-state index in [1.165, 1.54) is 12.3 Å². The topological polar surface area (TPSA) is 49.9 Å². The highest BCUT2D eigenvalue weighted by atomic mass is 79.9. The van der Waals surface area contributed by atoms with Crippen LogP contribution in [0.15, 0.2) is 41.0 Å². The van der Waals surface area contributed by atoms with E-state index in [1.54, 1.807) is 24.3 Å². The molecule has 4 heteroatoms. The number of carbonyl (C=O) groups is 2. The fourth-order valence-corrected chi connectivity index (χ4v) is 1.64. The van der Waals surface area contributed by atoms with Gasteiger partial charge < -0.3 is 4.98 Å². The molecule has 0 bridgehead atoms. The predicted molar refractivity (Wildman–Crippen MR) is 63.8 cm³/mol. The molecule has 0 unspecified atom stereocenters. The number of rotatable bonds is 3. The molecular weight excluding hydrogens is 270 g/mol. The zero-order chi connectivity index (χ0) is 11.5. The van der Waals surface area contributed by atoms with Gasteiger partial charge in [-0.15, -0.1) is 0 Å². The van der Waals surface area contributed by atoms with Crippen molar-refractivity contribution in [2.75, 3.05) is 0 Å². The van der Waals surface area contributed by atoms with Gasteiger partial charge in [-0.2, -0.15) is 0 Å². The Labute approximate surface area is 101 Å². The van der Waals surface area contributed by atoms with Crippen molar-refractivity contribution < 1.29 is 9.59 Å². The highest BCUT2D eigenvalue weighted by Crippen LogP contribution is 2.14. The summed E-state index contributed by atoms with van der Waals surface area (Å²) in [6, 6.07) is 8.62. The molecule has 0 fully saturated rings. The number of aromatic amines is 1. The molecule has 80 valence electrons. The first-order chi connectivity index (χ1) is 7.70. The number of benzene rings is 1. The Morgan fingerprint density at radius 2 is 1.88 bits per heavy atom. The number of aldehydes is 1. The fourth-order valence-electron chi connectivity index (χ4n) is 1.38. The second kappa shape index (κ2) is 4.45. The summed E-state index contributed by atoms with van der Waals surface area (Å²) in [6.45, 7) is 0. The number of carbonyl (C=O) groups excluding carboxylic acids is 2. The largest absolute Gasteiger partial charge is 0.358 e. The third kappa shape index (κ3) is 2.12. The van der Waals surface area contributed by atoms with Gasteiger partial charge in [0.1, 0.15) is 0 Å². The maximum atomic E-state index is 11.9. The molecule has 0 aliphatic carbocycles. The molecule has 1 heterocycles. The Morgan fingerprint density at radius 1 is 1.19 bits per heavy atom. The van der Waals surface area contributed by atoms with Crippen molar-refractivity contribution in [2.24, 2.45) is 0 Å². The van der Waals surface area contributed by atoms with Gasteiger partial charge in [0.25, 0.3) is 0 Å². The minimum atomic E-state index is -0.100. The Morgan fingerprint density at radius 3 is 2.44 bits per heavy atom.